The van der Waals surface area contributed by atoms with Crippen LogP contribution in [0.4, 0.5) is 20.2 Å². The summed E-state index contributed by atoms with van der Waals surface area (Å²) in [5.74, 6) is -4.47. The Bertz CT molecular complexity index is 1380. The first-order valence-electron chi connectivity index (χ1n) is 12.6. The minimum atomic E-state index is -3.34. The Morgan fingerprint density at radius 2 is 1.77 bits per heavy atom. The van der Waals surface area contributed by atoms with E-state index in [1.54, 1.807) is 54.7 Å². The predicted molar refractivity (Wildman–Crippen MR) is 152 cm³/mol. The van der Waals surface area contributed by atoms with Crippen LogP contribution in [0.5, 0.6) is 0 Å². The largest absolute Gasteiger partial charge is 0.371 e. The number of nitrogens with zero attached hydrogens (tertiary/aromatic N) is 3. The number of amides is 2. The van der Waals surface area contributed by atoms with Crippen molar-refractivity contribution in [3.8, 4) is 0 Å². The number of halogens is 4. The minimum Gasteiger partial charge on any atom is -0.371 e. The molecule has 3 heterocycles. The van der Waals surface area contributed by atoms with Crippen molar-refractivity contribution in [2.75, 3.05) is 29.4 Å². The van der Waals surface area contributed by atoms with Crippen molar-refractivity contribution in [2.24, 2.45) is 0 Å². The molecule has 1 N–H and O–H groups in total. The lowest BCUT2D eigenvalue weighted by Crippen LogP contribution is -2.33. The van der Waals surface area contributed by atoms with Crippen LogP contribution in [0.15, 0.2) is 72.9 Å². The molecule has 0 bridgehead atoms. The molecule has 0 spiro atoms. The van der Waals surface area contributed by atoms with Crippen molar-refractivity contribution < 1.29 is 18.4 Å². The third kappa shape index (κ3) is 6.23. The van der Waals surface area contributed by atoms with Gasteiger partial charge in [-0.3, -0.25) is 14.6 Å². The van der Waals surface area contributed by atoms with E-state index in [1.165, 1.54) is 11.0 Å². The van der Waals surface area contributed by atoms with Crippen LogP contribution in [-0.4, -0.2) is 42.4 Å². The molecule has 5 rings (SSSR count). The molecule has 2 amide bonds. The van der Waals surface area contributed by atoms with Gasteiger partial charge in [-0.1, -0.05) is 35.9 Å². The van der Waals surface area contributed by atoms with Gasteiger partial charge in [-0.15, -0.1) is 12.4 Å². The lowest BCUT2D eigenvalue weighted by atomic mass is 9.97. The van der Waals surface area contributed by atoms with Crippen LogP contribution >= 0.6 is 24.0 Å². The van der Waals surface area contributed by atoms with Crippen LogP contribution in [0.2, 0.25) is 5.02 Å². The van der Waals surface area contributed by atoms with Gasteiger partial charge in [0.25, 0.3) is 11.8 Å². The number of carbonyl (C=O) groups is 2. The van der Waals surface area contributed by atoms with Crippen LogP contribution in [-0.2, 0) is 11.3 Å². The minimum absolute atomic E-state index is 0. The first-order valence-corrected chi connectivity index (χ1v) is 12.9. The highest BCUT2D eigenvalue weighted by Crippen LogP contribution is 2.43. The Balaban J connectivity index is 0.00000353. The number of rotatable bonds is 5. The molecule has 39 heavy (non-hydrogen) atoms. The van der Waals surface area contributed by atoms with Crippen molar-refractivity contribution in [3.63, 3.8) is 0 Å². The van der Waals surface area contributed by atoms with Gasteiger partial charge in [-0.25, -0.2) is 8.78 Å². The van der Waals surface area contributed by atoms with Gasteiger partial charge in [0.15, 0.2) is 0 Å². The number of alkyl halides is 2. The average molecular weight is 573 g/mol. The Morgan fingerprint density at radius 1 is 1.03 bits per heavy atom. The van der Waals surface area contributed by atoms with E-state index in [9.17, 15) is 9.59 Å². The second-order valence-electron chi connectivity index (χ2n) is 9.38. The van der Waals surface area contributed by atoms with Crippen LogP contribution in [0.3, 0.4) is 0 Å². The van der Waals surface area contributed by atoms with E-state index in [-0.39, 0.29) is 41.6 Å². The third-order valence-electron chi connectivity index (χ3n) is 6.87. The number of hydrogen-bond acceptors (Lipinski definition) is 4. The zero-order valence-corrected chi connectivity index (χ0v) is 22.7. The fourth-order valence-corrected chi connectivity index (χ4v) is 5.15. The number of pyridine rings is 1. The molecule has 0 saturated carbocycles. The summed E-state index contributed by atoms with van der Waals surface area (Å²) in [5, 5.41) is 2.89. The number of aromatic nitrogens is 1. The van der Waals surface area contributed by atoms with Gasteiger partial charge in [0.1, 0.15) is 0 Å². The van der Waals surface area contributed by atoms with Crippen LogP contribution < -0.4 is 15.1 Å². The lowest BCUT2D eigenvalue weighted by molar-refractivity contribution is -0.116. The Kier molecular flexibility index (Phi) is 8.87. The molecular weight excluding hydrogens is 545 g/mol. The number of fused-ring (bicyclic) bond motifs is 1. The Morgan fingerprint density at radius 3 is 2.49 bits per heavy atom. The fraction of sp³-hybridized carbons (Fsp3) is 0.276. The summed E-state index contributed by atoms with van der Waals surface area (Å²) < 4.78 is 30.9. The highest BCUT2D eigenvalue weighted by atomic mass is 35.5. The second-order valence-corrected chi connectivity index (χ2v) is 9.79. The number of nitrogens with one attached hydrogen (secondary N) is 1. The summed E-state index contributed by atoms with van der Waals surface area (Å²) in [6.07, 6.45) is 4.08. The summed E-state index contributed by atoms with van der Waals surface area (Å²) in [6.45, 7) is 1.73. The molecule has 0 unspecified atom stereocenters. The van der Waals surface area contributed by atoms with E-state index in [0.29, 0.717) is 11.4 Å². The first-order chi connectivity index (χ1) is 18.3. The van der Waals surface area contributed by atoms with Gasteiger partial charge in [0.05, 0.1) is 28.5 Å². The van der Waals surface area contributed by atoms with E-state index in [4.69, 9.17) is 11.6 Å². The number of para-hydroxylation sites is 1. The average Bonchev–Trinajstić information content (AvgIpc) is 3.43. The van der Waals surface area contributed by atoms with Crippen molar-refractivity contribution in [1.82, 2.24) is 10.3 Å². The molecule has 10 heteroatoms. The maximum absolute atomic E-state index is 15.4. The van der Waals surface area contributed by atoms with Gasteiger partial charge >= 0.3 is 0 Å². The molecule has 0 aliphatic carbocycles. The predicted octanol–water partition coefficient (Wildman–Crippen LogP) is 6.14. The quantitative estimate of drug-likeness (QED) is 0.373. The number of hydrogen-bond donors (Lipinski definition) is 1. The van der Waals surface area contributed by atoms with E-state index in [1.807, 2.05) is 6.07 Å². The van der Waals surface area contributed by atoms with Crippen molar-refractivity contribution in [1.29, 1.82) is 0 Å². The van der Waals surface area contributed by atoms with E-state index in [0.717, 1.165) is 37.7 Å². The normalized spacial score (nSPS) is 17.3. The molecule has 3 aromatic rings. The molecule has 1 saturated heterocycles. The van der Waals surface area contributed by atoms with E-state index >= 15 is 8.78 Å². The van der Waals surface area contributed by atoms with Gasteiger partial charge in [-0.2, -0.15) is 0 Å². The molecule has 0 atom stereocenters. The summed E-state index contributed by atoms with van der Waals surface area (Å²) in [4.78, 5) is 34.0. The molecule has 2 aliphatic heterocycles. The number of anilines is 2. The van der Waals surface area contributed by atoms with Crippen molar-refractivity contribution in [2.45, 2.75) is 31.7 Å². The summed E-state index contributed by atoms with van der Waals surface area (Å²) in [5.41, 5.74) is 1.79. The standard InChI is InChI=1S/C29H27ClF2N4O2.ClH/c30-25-17-21(35-14-5-6-15-35)10-11-23(25)28(38)36-16-12-29(31,32)24(22-8-1-2-9-26(22)36)18-27(37)34-19-20-7-3-4-13-33-20;/h1-4,7-11,13,17-18H,5-6,12,14-16,19H2,(H,34,37);1H. The highest BCUT2D eigenvalue weighted by Gasteiger charge is 2.41. The van der Waals surface area contributed by atoms with E-state index in [2.05, 4.69) is 15.2 Å². The first kappa shape index (κ1) is 28.5. The van der Waals surface area contributed by atoms with Gasteiger partial charge in [0.2, 0.25) is 5.91 Å². The zero-order chi connectivity index (χ0) is 26.7. The van der Waals surface area contributed by atoms with E-state index < -0.39 is 29.7 Å². The number of carbonyl (C=O) groups excluding carboxylic acids is 2. The third-order valence-corrected chi connectivity index (χ3v) is 7.19. The van der Waals surface area contributed by atoms with Gasteiger partial charge in [0, 0.05) is 55.2 Å². The lowest BCUT2D eigenvalue weighted by Gasteiger charge is -2.24. The topological polar surface area (TPSA) is 65.5 Å². The number of allylic oxidation sites excluding steroid dienone is 1. The molecular formula is C29H28Cl2F2N4O2. The van der Waals surface area contributed by atoms with Crippen LogP contribution in [0.25, 0.3) is 5.57 Å². The van der Waals surface area contributed by atoms with Crippen molar-refractivity contribution in [3.05, 3.63) is 94.8 Å². The molecule has 0 radical (unpaired) electrons. The molecule has 2 aliphatic rings. The molecule has 1 aromatic heterocycles. The van der Waals surface area contributed by atoms with Crippen molar-refractivity contribution >= 4 is 52.8 Å². The Hall–Kier alpha value is -3.49. The SMILES string of the molecule is Cl.O=C(C=C1c2ccccc2N(C(=O)c2ccc(N3CCCC3)cc2Cl)CCC1(F)F)NCc1ccccn1. The second kappa shape index (κ2) is 12.1. The van der Waals surface area contributed by atoms with Gasteiger partial charge in [-0.05, 0) is 49.2 Å². The molecule has 2 aromatic carbocycles. The monoisotopic (exact) mass is 572 g/mol. The zero-order valence-electron chi connectivity index (χ0n) is 21.1. The summed E-state index contributed by atoms with van der Waals surface area (Å²) >= 11 is 6.54. The fourth-order valence-electron chi connectivity index (χ4n) is 4.89. The van der Waals surface area contributed by atoms with Crippen LogP contribution in [0.1, 0.15) is 40.9 Å². The maximum Gasteiger partial charge on any atom is 0.275 e. The highest BCUT2D eigenvalue weighted by molar-refractivity contribution is 6.35. The maximum atomic E-state index is 15.4. The van der Waals surface area contributed by atoms with Crippen LogP contribution in [0, 0.1) is 0 Å². The molecule has 204 valence electrons. The molecule has 1 fully saturated rings. The summed E-state index contributed by atoms with van der Waals surface area (Å²) in [6, 6.07) is 16.9. The summed E-state index contributed by atoms with van der Waals surface area (Å²) in [7, 11) is 0. The number of benzene rings is 2. The van der Waals surface area contributed by atoms with Gasteiger partial charge < -0.3 is 15.1 Å². The smallest absolute Gasteiger partial charge is 0.275 e. The Labute approximate surface area is 237 Å². The molecule has 6 nitrogen and oxygen atoms in total.